The van der Waals surface area contributed by atoms with Crippen LogP contribution in [0.1, 0.15) is 26.2 Å². The van der Waals surface area contributed by atoms with Crippen LogP contribution in [0.4, 0.5) is 4.79 Å². The summed E-state index contributed by atoms with van der Waals surface area (Å²) < 4.78 is 23.0. The molecule has 8 heteroatoms. The zero-order valence-electron chi connectivity index (χ0n) is 10.9. The predicted molar refractivity (Wildman–Crippen MR) is 69.6 cm³/mol. The highest BCUT2D eigenvalue weighted by atomic mass is 32.2. The number of sulfone groups is 1. The monoisotopic (exact) mass is 292 g/mol. The minimum absolute atomic E-state index is 0.114. The van der Waals surface area contributed by atoms with Gasteiger partial charge in [0.15, 0.2) is 9.84 Å². The zero-order valence-corrected chi connectivity index (χ0v) is 11.7. The first-order chi connectivity index (χ1) is 8.83. The van der Waals surface area contributed by atoms with Crippen LogP contribution < -0.4 is 10.6 Å². The van der Waals surface area contributed by atoms with E-state index >= 15 is 0 Å². The van der Waals surface area contributed by atoms with Crippen LogP contribution in [0.5, 0.6) is 0 Å². The molecule has 1 rings (SSSR count). The normalized spacial score (nSPS) is 22.7. The Labute approximate surface area is 112 Å². The molecule has 0 saturated carbocycles. The minimum atomic E-state index is -3.05. The molecule has 3 N–H and O–H groups in total. The van der Waals surface area contributed by atoms with Crippen molar-refractivity contribution in [3.63, 3.8) is 0 Å². The summed E-state index contributed by atoms with van der Waals surface area (Å²) in [4.78, 5) is 21.9. The Morgan fingerprint density at radius 1 is 1.37 bits per heavy atom. The smallest absolute Gasteiger partial charge is 0.314 e. The molecule has 0 bridgehead atoms. The van der Waals surface area contributed by atoms with Crippen molar-refractivity contribution < 1.29 is 23.1 Å². The molecule has 110 valence electrons. The van der Waals surface area contributed by atoms with E-state index in [-0.39, 0.29) is 18.8 Å². The van der Waals surface area contributed by atoms with E-state index in [1.807, 2.05) is 0 Å². The molecule has 0 aromatic heterocycles. The maximum absolute atomic E-state index is 11.5. The molecule has 0 aromatic carbocycles. The SMILES string of the molecule is CC(CCNC(=O)NCC1CCCS1(=O)=O)C(=O)O. The number of carbonyl (C=O) groups is 2. The summed E-state index contributed by atoms with van der Waals surface area (Å²) in [7, 11) is -3.05. The van der Waals surface area contributed by atoms with Crippen molar-refractivity contribution >= 4 is 21.8 Å². The lowest BCUT2D eigenvalue weighted by atomic mass is 10.1. The highest BCUT2D eigenvalue weighted by molar-refractivity contribution is 7.92. The van der Waals surface area contributed by atoms with E-state index in [0.717, 1.165) is 0 Å². The van der Waals surface area contributed by atoms with E-state index in [2.05, 4.69) is 10.6 Å². The van der Waals surface area contributed by atoms with Crippen molar-refractivity contribution in [1.82, 2.24) is 10.6 Å². The Hall–Kier alpha value is -1.31. The quantitative estimate of drug-likeness (QED) is 0.636. The largest absolute Gasteiger partial charge is 0.481 e. The summed E-state index contributed by atoms with van der Waals surface area (Å²) in [5.41, 5.74) is 0. The van der Waals surface area contributed by atoms with Gasteiger partial charge in [0.2, 0.25) is 0 Å². The topological polar surface area (TPSA) is 113 Å². The van der Waals surface area contributed by atoms with Crippen molar-refractivity contribution in [3.8, 4) is 0 Å². The van der Waals surface area contributed by atoms with E-state index in [4.69, 9.17) is 5.11 Å². The van der Waals surface area contributed by atoms with Crippen LogP contribution in [0, 0.1) is 5.92 Å². The second-order valence-electron chi connectivity index (χ2n) is 4.80. The standard InChI is InChI=1S/C11H20N2O5S/c1-8(10(14)15)4-5-12-11(16)13-7-9-3-2-6-19(9,17)18/h8-9H,2-7H2,1H3,(H,14,15)(H2,12,13,16). The van der Waals surface area contributed by atoms with Crippen LogP contribution in [-0.4, -0.2) is 49.6 Å². The summed E-state index contributed by atoms with van der Waals surface area (Å²) >= 11 is 0. The Morgan fingerprint density at radius 2 is 2.05 bits per heavy atom. The molecule has 1 fully saturated rings. The summed E-state index contributed by atoms with van der Waals surface area (Å²) in [5.74, 6) is -1.23. The van der Waals surface area contributed by atoms with E-state index in [1.54, 1.807) is 6.92 Å². The first-order valence-corrected chi connectivity index (χ1v) is 8.00. The number of carboxylic acid groups (broad SMARTS) is 1. The van der Waals surface area contributed by atoms with Crippen LogP contribution in [0.2, 0.25) is 0 Å². The number of carboxylic acids is 1. The highest BCUT2D eigenvalue weighted by Gasteiger charge is 2.31. The average molecular weight is 292 g/mol. The van der Waals surface area contributed by atoms with Crippen LogP contribution in [0.3, 0.4) is 0 Å². The fourth-order valence-corrected chi connectivity index (χ4v) is 3.65. The van der Waals surface area contributed by atoms with Gasteiger partial charge in [-0.15, -0.1) is 0 Å². The summed E-state index contributed by atoms with van der Waals surface area (Å²) in [6.45, 7) is 1.92. The number of rotatable bonds is 6. The molecule has 2 amide bonds. The second-order valence-corrected chi connectivity index (χ2v) is 7.20. The van der Waals surface area contributed by atoms with Crippen LogP contribution >= 0.6 is 0 Å². The Morgan fingerprint density at radius 3 is 2.58 bits per heavy atom. The van der Waals surface area contributed by atoms with Crippen molar-refractivity contribution in [2.75, 3.05) is 18.8 Å². The number of nitrogens with one attached hydrogen (secondary N) is 2. The number of carbonyl (C=O) groups excluding carboxylic acids is 1. The second kappa shape index (κ2) is 6.74. The zero-order chi connectivity index (χ0) is 14.5. The molecule has 1 heterocycles. The molecule has 19 heavy (non-hydrogen) atoms. The lowest BCUT2D eigenvalue weighted by Crippen LogP contribution is -2.41. The lowest BCUT2D eigenvalue weighted by Gasteiger charge is -2.12. The number of amides is 2. The molecule has 7 nitrogen and oxygen atoms in total. The van der Waals surface area contributed by atoms with Crippen molar-refractivity contribution in [1.29, 1.82) is 0 Å². The molecule has 2 unspecified atom stereocenters. The van der Waals surface area contributed by atoms with E-state index in [9.17, 15) is 18.0 Å². The van der Waals surface area contributed by atoms with Gasteiger partial charge in [0.25, 0.3) is 0 Å². The van der Waals surface area contributed by atoms with Gasteiger partial charge in [0.1, 0.15) is 0 Å². The van der Waals surface area contributed by atoms with Gasteiger partial charge in [-0.25, -0.2) is 13.2 Å². The van der Waals surface area contributed by atoms with E-state index < -0.39 is 33.0 Å². The van der Waals surface area contributed by atoms with Gasteiger partial charge in [-0.05, 0) is 19.3 Å². The van der Waals surface area contributed by atoms with Crippen LogP contribution in [0.15, 0.2) is 0 Å². The number of hydrogen-bond donors (Lipinski definition) is 3. The number of hydrogen-bond acceptors (Lipinski definition) is 4. The van der Waals surface area contributed by atoms with Crippen molar-refractivity contribution in [2.45, 2.75) is 31.4 Å². The molecular formula is C11H20N2O5S. The summed E-state index contributed by atoms with van der Waals surface area (Å²) in [6.07, 6.45) is 1.57. The first kappa shape index (κ1) is 15.7. The van der Waals surface area contributed by atoms with Gasteiger partial charge in [0.05, 0.1) is 16.9 Å². The molecule has 1 aliphatic rings. The van der Waals surface area contributed by atoms with Gasteiger partial charge in [-0.2, -0.15) is 0 Å². The Balaban J connectivity index is 2.20. The maximum atomic E-state index is 11.5. The number of urea groups is 1. The molecular weight excluding hydrogens is 272 g/mol. The molecule has 2 atom stereocenters. The third-order valence-electron chi connectivity index (χ3n) is 3.24. The van der Waals surface area contributed by atoms with E-state index in [0.29, 0.717) is 19.3 Å². The first-order valence-electron chi connectivity index (χ1n) is 6.29. The summed E-state index contributed by atoms with van der Waals surface area (Å²) in [6, 6.07) is -0.459. The summed E-state index contributed by atoms with van der Waals surface area (Å²) in [5, 5.41) is 13.2. The molecule has 0 spiro atoms. The third kappa shape index (κ3) is 5.06. The molecule has 1 aliphatic heterocycles. The van der Waals surface area contributed by atoms with Gasteiger partial charge < -0.3 is 15.7 Å². The molecule has 0 aromatic rings. The number of aliphatic carboxylic acids is 1. The van der Waals surface area contributed by atoms with Gasteiger partial charge in [-0.1, -0.05) is 6.92 Å². The molecule has 1 saturated heterocycles. The van der Waals surface area contributed by atoms with Gasteiger partial charge >= 0.3 is 12.0 Å². The maximum Gasteiger partial charge on any atom is 0.314 e. The highest BCUT2D eigenvalue weighted by Crippen LogP contribution is 2.18. The Kier molecular flexibility index (Phi) is 5.59. The molecule has 0 aliphatic carbocycles. The third-order valence-corrected chi connectivity index (χ3v) is 5.51. The lowest BCUT2D eigenvalue weighted by molar-refractivity contribution is -0.141. The molecule has 0 radical (unpaired) electrons. The van der Waals surface area contributed by atoms with Gasteiger partial charge in [0, 0.05) is 13.1 Å². The minimum Gasteiger partial charge on any atom is -0.481 e. The average Bonchev–Trinajstić information content (AvgIpc) is 2.65. The van der Waals surface area contributed by atoms with Crippen molar-refractivity contribution in [2.24, 2.45) is 5.92 Å². The van der Waals surface area contributed by atoms with Crippen molar-refractivity contribution in [3.05, 3.63) is 0 Å². The van der Waals surface area contributed by atoms with Crippen LogP contribution in [0.25, 0.3) is 0 Å². The van der Waals surface area contributed by atoms with E-state index in [1.165, 1.54) is 0 Å². The predicted octanol–water partition coefficient (Wildman–Crippen LogP) is -0.0264. The fourth-order valence-electron chi connectivity index (χ4n) is 1.88. The Bertz CT molecular complexity index is 434. The fraction of sp³-hybridized carbons (Fsp3) is 0.818. The van der Waals surface area contributed by atoms with Crippen LogP contribution in [-0.2, 0) is 14.6 Å². The van der Waals surface area contributed by atoms with Gasteiger partial charge in [-0.3, -0.25) is 4.79 Å².